The van der Waals surface area contributed by atoms with Gasteiger partial charge >= 0.3 is 0 Å². The summed E-state index contributed by atoms with van der Waals surface area (Å²) in [5.41, 5.74) is 0.682. The van der Waals surface area contributed by atoms with Gasteiger partial charge in [-0.3, -0.25) is 4.79 Å². The zero-order valence-corrected chi connectivity index (χ0v) is 12.0. The molecule has 0 saturated carbocycles. The van der Waals surface area contributed by atoms with Crippen molar-refractivity contribution in [3.05, 3.63) is 24.3 Å². The SMILES string of the molecule is CCOc1ccccc1NC(=O)C(C)SCCC#N. The molecule has 0 aromatic heterocycles. The van der Waals surface area contributed by atoms with Crippen molar-refractivity contribution in [1.29, 1.82) is 5.26 Å². The normalized spacial score (nSPS) is 11.4. The molecule has 19 heavy (non-hydrogen) atoms. The molecule has 0 heterocycles. The van der Waals surface area contributed by atoms with Gasteiger partial charge in [0.2, 0.25) is 5.91 Å². The maximum absolute atomic E-state index is 12.0. The molecule has 1 aromatic carbocycles. The average molecular weight is 278 g/mol. The van der Waals surface area contributed by atoms with Crippen LogP contribution in [0, 0.1) is 11.3 Å². The van der Waals surface area contributed by atoms with E-state index in [2.05, 4.69) is 11.4 Å². The van der Waals surface area contributed by atoms with Crippen LogP contribution in [-0.4, -0.2) is 23.5 Å². The molecule has 0 aliphatic carbocycles. The third-order valence-electron chi connectivity index (χ3n) is 2.40. The molecule has 0 spiro atoms. The quantitative estimate of drug-likeness (QED) is 0.779. The van der Waals surface area contributed by atoms with Crippen LogP contribution in [0.25, 0.3) is 0 Å². The molecule has 1 N–H and O–H groups in total. The number of hydrogen-bond donors (Lipinski definition) is 1. The Hall–Kier alpha value is -1.67. The second kappa shape index (κ2) is 8.44. The van der Waals surface area contributed by atoms with E-state index in [4.69, 9.17) is 10.00 Å². The molecule has 0 fully saturated rings. The number of nitrogens with one attached hydrogen (secondary N) is 1. The third kappa shape index (κ3) is 5.23. The van der Waals surface area contributed by atoms with Gasteiger partial charge in [0.1, 0.15) is 5.75 Å². The first-order chi connectivity index (χ1) is 9.19. The van der Waals surface area contributed by atoms with Crippen molar-refractivity contribution >= 4 is 23.4 Å². The summed E-state index contributed by atoms with van der Waals surface area (Å²) in [6.07, 6.45) is 0.456. The first kappa shape index (κ1) is 15.4. The highest BCUT2D eigenvalue weighted by atomic mass is 32.2. The molecule has 1 atom stereocenters. The summed E-state index contributed by atoms with van der Waals surface area (Å²) in [4.78, 5) is 12.0. The van der Waals surface area contributed by atoms with Crippen LogP contribution in [0.1, 0.15) is 20.3 Å². The smallest absolute Gasteiger partial charge is 0.237 e. The molecular formula is C14H18N2O2S. The number of amides is 1. The Labute approximate surface area is 118 Å². The Bertz CT molecular complexity index is 457. The number of nitrogens with zero attached hydrogens (tertiary/aromatic N) is 1. The molecule has 0 aliphatic heterocycles. The maximum atomic E-state index is 12.0. The van der Waals surface area contributed by atoms with Gasteiger partial charge in [0, 0.05) is 12.2 Å². The minimum Gasteiger partial charge on any atom is -0.492 e. The van der Waals surface area contributed by atoms with E-state index < -0.39 is 0 Å². The molecule has 0 bridgehead atoms. The molecule has 1 rings (SSSR count). The standard InChI is InChI=1S/C14H18N2O2S/c1-3-18-13-8-5-4-7-12(13)16-14(17)11(2)19-10-6-9-15/h4-5,7-8,11H,3,6,10H2,1-2H3,(H,16,17). The Kier molecular flexibility index (Phi) is 6.83. The number of carbonyl (C=O) groups is 1. The van der Waals surface area contributed by atoms with Crippen molar-refractivity contribution in [3.8, 4) is 11.8 Å². The zero-order valence-electron chi connectivity index (χ0n) is 11.2. The first-order valence-corrected chi connectivity index (χ1v) is 7.25. The van der Waals surface area contributed by atoms with Gasteiger partial charge in [0.05, 0.1) is 23.6 Å². The predicted molar refractivity (Wildman–Crippen MR) is 78.4 cm³/mol. The van der Waals surface area contributed by atoms with Crippen LogP contribution in [0.2, 0.25) is 0 Å². The van der Waals surface area contributed by atoms with Gasteiger partial charge < -0.3 is 10.1 Å². The molecule has 102 valence electrons. The van der Waals surface area contributed by atoms with Crippen molar-refractivity contribution in [1.82, 2.24) is 0 Å². The Morgan fingerprint density at radius 3 is 2.95 bits per heavy atom. The highest BCUT2D eigenvalue weighted by Crippen LogP contribution is 2.24. The maximum Gasteiger partial charge on any atom is 0.237 e. The first-order valence-electron chi connectivity index (χ1n) is 6.20. The van der Waals surface area contributed by atoms with E-state index >= 15 is 0 Å². The van der Waals surface area contributed by atoms with Crippen LogP contribution < -0.4 is 10.1 Å². The zero-order chi connectivity index (χ0) is 14.1. The molecular weight excluding hydrogens is 260 g/mol. The lowest BCUT2D eigenvalue weighted by Gasteiger charge is -2.14. The number of para-hydroxylation sites is 2. The molecule has 1 aromatic rings. The van der Waals surface area contributed by atoms with Gasteiger partial charge in [-0.1, -0.05) is 12.1 Å². The van der Waals surface area contributed by atoms with Gasteiger partial charge in [0.15, 0.2) is 0 Å². The van der Waals surface area contributed by atoms with Crippen molar-refractivity contribution in [2.45, 2.75) is 25.5 Å². The van der Waals surface area contributed by atoms with Crippen LogP contribution in [-0.2, 0) is 4.79 Å². The Balaban J connectivity index is 2.58. The number of rotatable bonds is 7. The van der Waals surface area contributed by atoms with E-state index in [0.717, 1.165) is 0 Å². The topological polar surface area (TPSA) is 62.1 Å². The minimum absolute atomic E-state index is 0.0740. The van der Waals surface area contributed by atoms with E-state index in [1.807, 2.05) is 38.1 Å². The predicted octanol–water partition coefficient (Wildman–Crippen LogP) is 3.06. The summed E-state index contributed by atoms with van der Waals surface area (Å²) in [5, 5.41) is 11.1. The van der Waals surface area contributed by atoms with Crippen LogP contribution in [0.4, 0.5) is 5.69 Å². The number of hydrogen-bond acceptors (Lipinski definition) is 4. The second-order valence-corrected chi connectivity index (χ2v) is 5.29. The number of anilines is 1. The molecule has 0 radical (unpaired) electrons. The molecule has 0 aliphatic rings. The lowest BCUT2D eigenvalue weighted by atomic mass is 10.3. The van der Waals surface area contributed by atoms with Gasteiger partial charge in [0.25, 0.3) is 0 Å². The van der Waals surface area contributed by atoms with E-state index in [0.29, 0.717) is 30.2 Å². The molecule has 5 heteroatoms. The van der Waals surface area contributed by atoms with E-state index in [1.54, 1.807) is 0 Å². The largest absolute Gasteiger partial charge is 0.492 e. The van der Waals surface area contributed by atoms with Crippen LogP contribution in [0.5, 0.6) is 5.75 Å². The van der Waals surface area contributed by atoms with Gasteiger partial charge in [-0.05, 0) is 26.0 Å². The van der Waals surface area contributed by atoms with Crippen molar-refractivity contribution in [2.75, 3.05) is 17.7 Å². The highest BCUT2D eigenvalue weighted by Gasteiger charge is 2.14. The van der Waals surface area contributed by atoms with Crippen molar-refractivity contribution in [3.63, 3.8) is 0 Å². The lowest BCUT2D eigenvalue weighted by Crippen LogP contribution is -2.23. The van der Waals surface area contributed by atoms with Crippen molar-refractivity contribution in [2.24, 2.45) is 0 Å². The summed E-state index contributed by atoms with van der Waals surface area (Å²) in [5.74, 6) is 1.26. The fraction of sp³-hybridized carbons (Fsp3) is 0.429. The number of carbonyl (C=O) groups excluding carboxylic acids is 1. The summed E-state index contributed by atoms with van der Waals surface area (Å²) in [7, 11) is 0. The van der Waals surface area contributed by atoms with Gasteiger partial charge in [-0.15, -0.1) is 11.8 Å². The third-order valence-corrected chi connectivity index (χ3v) is 3.55. The van der Waals surface area contributed by atoms with E-state index in [9.17, 15) is 4.79 Å². The minimum atomic E-state index is -0.192. The monoisotopic (exact) mass is 278 g/mol. The highest BCUT2D eigenvalue weighted by molar-refractivity contribution is 8.00. The fourth-order valence-corrected chi connectivity index (χ4v) is 2.22. The Morgan fingerprint density at radius 2 is 2.26 bits per heavy atom. The van der Waals surface area contributed by atoms with Gasteiger partial charge in [-0.25, -0.2) is 0 Å². The molecule has 1 unspecified atom stereocenters. The van der Waals surface area contributed by atoms with Crippen LogP contribution in [0.15, 0.2) is 24.3 Å². The summed E-state index contributed by atoms with van der Waals surface area (Å²) < 4.78 is 5.45. The summed E-state index contributed by atoms with van der Waals surface area (Å²) in [6, 6.07) is 9.43. The second-order valence-electron chi connectivity index (χ2n) is 3.84. The molecule has 0 saturated heterocycles. The van der Waals surface area contributed by atoms with Crippen LogP contribution in [0.3, 0.4) is 0 Å². The number of ether oxygens (including phenoxy) is 1. The number of benzene rings is 1. The van der Waals surface area contributed by atoms with Gasteiger partial charge in [-0.2, -0.15) is 5.26 Å². The van der Waals surface area contributed by atoms with E-state index in [-0.39, 0.29) is 11.2 Å². The van der Waals surface area contributed by atoms with Crippen molar-refractivity contribution < 1.29 is 9.53 Å². The fourth-order valence-electron chi connectivity index (χ4n) is 1.44. The number of nitriles is 1. The molecule has 1 amide bonds. The molecule has 4 nitrogen and oxygen atoms in total. The van der Waals surface area contributed by atoms with Crippen LogP contribution >= 0.6 is 11.8 Å². The lowest BCUT2D eigenvalue weighted by molar-refractivity contribution is -0.115. The number of thioether (sulfide) groups is 1. The summed E-state index contributed by atoms with van der Waals surface area (Å²) >= 11 is 1.47. The summed E-state index contributed by atoms with van der Waals surface area (Å²) in [6.45, 7) is 4.29. The Morgan fingerprint density at radius 1 is 1.53 bits per heavy atom. The van der Waals surface area contributed by atoms with E-state index in [1.165, 1.54) is 11.8 Å². The average Bonchev–Trinajstić information content (AvgIpc) is 2.41.